The van der Waals surface area contributed by atoms with E-state index in [4.69, 9.17) is 0 Å². The van der Waals surface area contributed by atoms with Gasteiger partial charge in [-0.3, -0.25) is 4.79 Å². The highest BCUT2D eigenvalue weighted by Crippen LogP contribution is 2.13. The third-order valence-electron chi connectivity index (χ3n) is 5.21. The predicted octanol–water partition coefficient (Wildman–Crippen LogP) is 6.30. The molecule has 0 aliphatic rings. The minimum atomic E-state index is 0.127. The molecule has 0 fully saturated rings. The first-order chi connectivity index (χ1) is 13.5. The highest BCUT2D eigenvalue weighted by atomic mass is 16.1. The van der Waals surface area contributed by atoms with Gasteiger partial charge in [-0.15, -0.1) is 0 Å². The number of amides is 1. The lowest BCUT2D eigenvalue weighted by molar-refractivity contribution is -0.121. The van der Waals surface area contributed by atoms with Crippen LogP contribution in [0.1, 0.15) is 129 Å². The minimum Gasteiger partial charge on any atom is -0.356 e. The number of hydrogen-bond acceptors (Lipinski definition) is 3. The second kappa shape index (κ2) is 20.5. The molecule has 1 amide bonds. The fourth-order valence-electron chi connectivity index (χ4n) is 3.43. The van der Waals surface area contributed by atoms with Crippen LogP contribution < -0.4 is 5.32 Å². The number of Topliss-reactive ketones (excluding diaryl/α,β-unsaturated/α-hetero) is 2. The number of unbranched alkanes of at least 4 members (excludes halogenated alkanes) is 13. The average Bonchev–Trinajstić information content (AvgIpc) is 2.64. The van der Waals surface area contributed by atoms with E-state index in [0.29, 0.717) is 25.2 Å². The van der Waals surface area contributed by atoms with Crippen LogP contribution in [0, 0.1) is 0 Å². The lowest BCUT2D eigenvalue weighted by Crippen LogP contribution is -2.24. The van der Waals surface area contributed by atoms with E-state index in [1.165, 1.54) is 70.6 Å². The number of carbonyl (C=O) groups excluding carboxylic acids is 3. The Labute approximate surface area is 173 Å². The molecule has 0 unspecified atom stereocenters. The molecule has 0 aliphatic carbocycles. The van der Waals surface area contributed by atoms with E-state index in [-0.39, 0.29) is 11.7 Å². The number of nitrogens with one attached hydrogen (secondary N) is 1. The molecule has 0 saturated heterocycles. The summed E-state index contributed by atoms with van der Waals surface area (Å²) in [7, 11) is 0. The summed E-state index contributed by atoms with van der Waals surface area (Å²) in [5.41, 5.74) is 0. The van der Waals surface area contributed by atoms with E-state index < -0.39 is 0 Å². The van der Waals surface area contributed by atoms with Crippen LogP contribution in [-0.2, 0) is 14.4 Å². The highest BCUT2D eigenvalue weighted by Gasteiger charge is 2.01. The largest absolute Gasteiger partial charge is 0.356 e. The van der Waals surface area contributed by atoms with Gasteiger partial charge < -0.3 is 14.9 Å². The molecule has 0 heterocycles. The monoisotopic (exact) mass is 395 g/mol. The summed E-state index contributed by atoms with van der Waals surface area (Å²) in [5, 5.41) is 2.89. The summed E-state index contributed by atoms with van der Waals surface area (Å²) in [4.78, 5) is 33.3. The van der Waals surface area contributed by atoms with Crippen LogP contribution >= 0.6 is 0 Å². The maximum Gasteiger partial charge on any atom is 0.219 e. The first-order valence-electron chi connectivity index (χ1n) is 11.8. The van der Waals surface area contributed by atoms with Crippen molar-refractivity contribution in [3.63, 3.8) is 0 Å². The Bertz CT molecular complexity index is 407. The number of ketones is 2. The Hall–Kier alpha value is -1.19. The molecule has 28 heavy (non-hydrogen) atoms. The van der Waals surface area contributed by atoms with Crippen molar-refractivity contribution in [2.45, 2.75) is 129 Å². The van der Waals surface area contributed by atoms with E-state index in [2.05, 4.69) is 5.32 Å². The molecule has 0 aromatic carbocycles. The maximum atomic E-state index is 11.6. The second-order valence-corrected chi connectivity index (χ2v) is 8.31. The molecule has 0 aromatic rings. The van der Waals surface area contributed by atoms with Crippen LogP contribution in [-0.4, -0.2) is 24.0 Å². The number of rotatable bonds is 21. The lowest BCUT2D eigenvalue weighted by atomic mass is 10.0. The zero-order valence-electron chi connectivity index (χ0n) is 18.7. The molecule has 0 atom stereocenters. The second-order valence-electron chi connectivity index (χ2n) is 8.31. The Morgan fingerprint density at radius 1 is 0.464 bits per heavy atom. The number of hydrogen-bond donors (Lipinski definition) is 1. The summed E-state index contributed by atoms with van der Waals surface area (Å²) >= 11 is 0. The smallest absolute Gasteiger partial charge is 0.219 e. The summed E-state index contributed by atoms with van der Waals surface area (Å²) in [5.74, 6) is 0.636. The Balaban J connectivity index is 3.14. The highest BCUT2D eigenvalue weighted by molar-refractivity contribution is 5.76. The quantitative estimate of drug-likeness (QED) is 0.232. The van der Waals surface area contributed by atoms with Gasteiger partial charge in [0.25, 0.3) is 0 Å². The molecule has 0 spiro atoms. The van der Waals surface area contributed by atoms with Crippen LogP contribution in [0.25, 0.3) is 0 Å². The molecular formula is C24H45NO3. The first kappa shape index (κ1) is 26.8. The molecule has 0 bridgehead atoms. The van der Waals surface area contributed by atoms with Crippen LogP contribution in [0.2, 0.25) is 0 Å². The van der Waals surface area contributed by atoms with Crippen molar-refractivity contribution in [2.24, 2.45) is 0 Å². The first-order valence-corrected chi connectivity index (χ1v) is 11.8. The molecule has 0 rings (SSSR count). The van der Waals surface area contributed by atoms with Crippen LogP contribution in [0.3, 0.4) is 0 Å². The van der Waals surface area contributed by atoms with Gasteiger partial charge >= 0.3 is 0 Å². The summed E-state index contributed by atoms with van der Waals surface area (Å²) in [6.45, 7) is 3.89. The van der Waals surface area contributed by atoms with Gasteiger partial charge in [-0.2, -0.15) is 0 Å². The summed E-state index contributed by atoms with van der Waals surface area (Å²) in [6.07, 6.45) is 20.3. The fourth-order valence-corrected chi connectivity index (χ4v) is 3.43. The average molecular weight is 396 g/mol. The third-order valence-corrected chi connectivity index (χ3v) is 5.21. The molecule has 164 valence electrons. The normalized spacial score (nSPS) is 10.8. The van der Waals surface area contributed by atoms with Crippen molar-refractivity contribution in [3.05, 3.63) is 0 Å². The van der Waals surface area contributed by atoms with Crippen LogP contribution in [0.5, 0.6) is 0 Å². The van der Waals surface area contributed by atoms with Crippen LogP contribution in [0.4, 0.5) is 0 Å². The maximum absolute atomic E-state index is 11.6. The van der Waals surface area contributed by atoms with Gasteiger partial charge in [0, 0.05) is 25.8 Å². The zero-order chi connectivity index (χ0) is 20.9. The van der Waals surface area contributed by atoms with Gasteiger partial charge in [0.15, 0.2) is 0 Å². The third kappa shape index (κ3) is 22.9. The Morgan fingerprint density at radius 3 is 1.18 bits per heavy atom. The standard InChI is InChI=1S/C24H45NO3/c1-22(26)18-15-13-11-9-7-5-3-4-6-8-10-12-14-16-20-24(28)25-21-17-19-23(2)27/h3-21H2,1-2H3,(H,25,28). The zero-order valence-corrected chi connectivity index (χ0v) is 18.7. The van der Waals surface area contributed by atoms with Gasteiger partial charge in [0.1, 0.15) is 11.6 Å². The van der Waals surface area contributed by atoms with Crippen molar-refractivity contribution >= 4 is 17.5 Å². The van der Waals surface area contributed by atoms with Crippen molar-refractivity contribution in [2.75, 3.05) is 6.54 Å². The van der Waals surface area contributed by atoms with Crippen molar-refractivity contribution in [1.29, 1.82) is 0 Å². The molecule has 0 aliphatic heterocycles. The van der Waals surface area contributed by atoms with Gasteiger partial charge in [-0.05, 0) is 33.1 Å². The number of carbonyl (C=O) groups is 3. The SMILES string of the molecule is CC(=O)CCCCCCCCCCCCCCCCC(=O)NCCCC(C)=O. The predicted molar refractivity (Wildman–Crippen MR) is 117 cm³/mol. The van der Waals surface area contributed by atoms with Gasteiger partial charge in [-0.25, -0.2) is 0 Å². The van der Waals surface area contributed by atoms with Gasteiger partial charge in [-0.1, -0.05) is 77.0 Å². The van der Waals surface area contributed by atoms with E-state index in [1.807, 2.05) is 0 Å². The van der Waals surface area contributed by atoms with E-state index in [1.54, 1.807) is 13.8 Å². The Morgan fingerprint density at radius 2 is 0.786 bits per heavy atom. The molecule has 0 radical (unpaired) electrons. The topological polar surface area (TPSA) is 63.2 Å². The molecular weight excluding hydrogens is 350 g/mol. The Kier molecular flexibility index (Phi) is 19.7. The summed E-state index contributed by atoms with van der Waals surface area (Å²) < 4.78 is 0. The van der Waals surface area contributed by atoms with Crippen molar-refractivity contribution in [3.8, 4) is 0 Å². The molecule has 1 N–H and O–H groups in total. The fraction of sp³-hybridized carbons (Fsp3) is 0.875. The van der Waals surface area contributed by atoms with E-state index in [0.717, 1.165) is 32.1 Å². The van der Waals surface area contributed by atoms with Gasteiger partial charge in [0.2, 0.25) is 5.91 Å². The lowest BCUT2D eigenvalue weighted by Gasteiger charge is -2.05. The van der Waals surface area contributed by atoms with Crippen molar-refractivity contribution < 1.29 is 14.4 Å². The summed E-state index contributed by atoms with van der Waals surface area (Å²) in [6, 6.07) is 0. The molecule has 4 heteroatoms. The van der Waals surface area contributed by atoms with Gasteiger partial charge in [0.05, 0.1) is 0 Å². The van der Waals surface area contributed by atoms with Crippen molar-refractivity contribution in [1.82, 2.24) is 5.32 Å². The molecule has 0 saturated carbocycles. The van der Waals surface area contributed by atoms with E-state index in [9.17, 15) is 14.4 Å². The van der Waals surface area contributed by atoms with E-state index >= 15 is 0 Å². The minimum absolute atomic E-state index is 0.127. The van der Waals surface area contributed by atoms with Crippen LogP contribution in [0.15, 0.2) is 0 Å². The molecule has 0 aromatic heterocycles. The molecule has 4 nitrogen and oxygen atoms in total.